The predicted octanol–water partition coefficient (Wildman–Crippen LogP) is 1.24. The van der Waals surface area contributed by atoms with Crippen LogP contribution in [0.5, 0.6) is 5.75 Å². The van der Waals surface area contributed by atoms with Gasteiger partial charge in [0, 0.05) is 6.42 Å². The van der Waals surface area contributed by atoms with Gasteiger partial charge in [0.1, 0.15) is 35.1 Å². The summed E-state index contributed by atoms with van der Waals surface area (Å²) in [6.07, 6.45) is -2.53. The number of benzene rings is 1. The number of ether oxygens (including phenoxy) is 3. The lowest BCUT2D eigenvalue weighted by molar-refractivity contribution is -0.145. The molecule has 0 radical (unpaired) electrons. The Morgan fingerprint density at radius 2 is 1.91 bits per heavy atom. The Morgan fingerprint density at radius 3 is 2.62 bits per heavy atom. The van der Waals surface area contributed by atoms with E-state index in [-0.39, 0.29) is 54.7 Å². The average Bonchev–Trinajstić information content (AvgIpc) is 3.49. The van der Waals surface area contributed by atoms with E-state index >= 15 is 0 Å². The van der Waals surface area contributed by atoms with E-state index in [0.29, 0.717) is 5.56 Å². The Kier molecular flexibility index (Phi) is 10.6. The van der Waals surface area contributed by atoms with Crippen LogP contribution in [0.1, 0.15) is 45.9 Å². The van der Waals surface area contributed by atoms with Crippen molar-refractivity contribution in [1.29, 1.82) is 0 Å². The molecule has 1 aliphatic rings. The van der Waals surface area contributed by atoms with Gasteiger partial charge in [0.15, 0.2) is 17.7 Å². The maximum Gasteiger partial charge on any atom is 0.459 e. The summed E-state index contributed by atoms with van der Waals surface area (Å²) in [4.78, 5) is 36.5. The van der Waals surface area contributed by atoms with Gasteiger partial charge in [0.2, 0.25) is 5.95 Å². The van der Waals surface area contributed by atoms with Crippen LogP contribution in [-0.2, 0) is 39.3 Å². The number of anilines is 2. The number of hydrogen-bond acceptors (Lipinski definition) is 15. The third kappa shape index (κ3) is 7.69. The molecule has 0 saturated carbocycles. The third-order valence-corrected chi connectivity index (χ3v) is 8.60. The van der Waals surface area contributed by atoms with Gasteiger partial charge < -0.3 is 40.4 Å². The summed E-state index contributed by atoms with van der Waals surface area (Å²) in [6.45, 7) is 5.81. The lowest BCUT2D eigenvalue weighted by atomic mass is 9.96. The Morgan fingerprint density at radius 1 is 1.20 bits per heavy atom. The molecule has 1 fully saturated rings. The molecule has 6 atom stereocenters. The number of carbonyl (C=O) groups excluding carboxylic acids is 2. The van der Waals surface area contributed by atoms with E-state index in [0.717, 1.165) is 0 Å². The zero-order valence-corrected chi connectivity index (χ0v) is 26.2. The highest BCUT2D eigenvalue weighted by atomic mass is 31.2. The number of rotatable bonds is 14. The molecule has 45 heavy (non-hydrogen) atoms. The van der Waals surface area contributed by atoms with Gasteiger partial charge in [-0.25, -0.2) is 9.55 Å². The van der Waals surface area contributed by atoms with Crippen molar-refractivity contribution in [2.75, 3.05) is 31.3 Å². The molecule has 1 unspecified atom stereocenters. The van der Waals surface area contributed by atoms with Crippen LogP contribution >= 0.6 is 7.75 Å². The second-order valence-corrected chi connectivity index (χ2v) is 12.1. The topological polar surface area (TPSA) is 245 Å². The molecular weight excluding hydrogens is 613 g/mol. The van der Waals surface area contributed by atoms with Crippen LogP contribution in [0.3, 0.4) is 0 Å². The van der Waals surface area contributed by atoms with Crippen molar-refractivity contribution in [1.82, 2.24) is 24.6 Å². The first kappa shape index (κ1) is 34.0. The molecular formula is C27H38N7O10P. The van der Waals surface area contributed by atoms with Crippen LogP contribution in [0.4, 0.5) is 11.8 Å². The van der Waals surface area contributed by atoms with Crippen molar-refractivity contribution < 1.29 is 47.6 Å². The fourth-order valence-electron chi connectivity index (χ4n) is 4.72. The Labute approximate surface area is 258 Å². The molecule has 0 spiro atoms. The number of aliphatic hydroxyl groups is 2. The molecule has 17 nitrogen and oxygen atoms in total. The summed E-state index contributed by atoms with van der Waals surface area (Å²) in [5.41, 5.74) is 10.6. The van der Waals surface area contributed by atoms with Gasteiger partial charge in [-0.1, -0.05) is 18.2 Å². The molecule has 0 aliphatic carbocycles. The fraction of sp³-hybridized carbons (Fsp3) is 0.519. The van der Waals surface area contributed by atoms with Gasteiger partial charge in [0.25, 0.3) is 0 Å². The molecule has 4 rings (SSSR count). The number of fused-ring (bicyclic) bond motifs is 1. The summed E-state index contributed by atoms with van der Waals surface area (Å²) in [5, 5.41) is 24.9. The van der Waals surface area contributed by atoms with Crippen LogP contribution in [0.2, 0.25) is 0 Å². The number of aromatic nitrogens is 4. The maximum atomic E-state index is 14.2. The summed E-state index contributed by atoms with van der Waals surface area (Å²) >= 11 is 0. The number of esters is 2. The molecule has 1 saturated heterocycles. The lowest BCUT2D eigenvalue weighted by Gasteiger charge is -2.27. The van der Waals surface area contributed by atoms with E-state index in [4.69, 9.17) is 34.7 Å². The molecule has 3 heterocycles. The molecule has 3 aromatic rings. The van der Waals surface area contributed by atoms with Gasteiger partial charge in [-0.05, 0) is 45.7 Å². The molecule has 246 valence electrons. The predicted molar refractivity (Wildman–Crippen MR) is 160 cm³/mol. The second kappa shape index (κ2) is 14.1. The number of carbonyl (C=O) groups is 2. The van der Waals surface area contributed by atoms with Crippen LogP contribution < -0.4 is 21.1 Å². The normalized spacial score (nSPS) is 23.4. The van der Waals surface area contributed by atoms with Gasteiger partial charge >= 0.3 is 19.7 Å². The molecule has 2 aromatic heterocycles. The summed E-state index contributed by atoms with van der Waals surface area (Å²) in [5.74, 6) is -1.14. The maximum absolute atomic E-state index is 14.2. The average molecular weight is 652 g/mol. The molecule has 7 N–H and O–H groups in total. The van der Waals surface area contributed by atoms with Crippen molar-refractivity contribution in [3.63, 3.8) is 0 Å². The number of nitrogen functional groups attached to an aromatic ring is 2. The van der Waals surface area contributed by atoms with Crippen LogP contribution in [0.25, 0.3) is 11.2 Å². The number of para-hydroxylation sites is 1. The molecule has 1 aliphatic heterocycles. The molecule has 18 heteroatoms. The summed E-state index contributed by atoms with van der Waals surface area (Å²) in [6, 6.07) is 5.41. The van der Waals surface area contributed by atoms with Crippen molar-refractivity contribution in [3.05, 3.63) is 36.2 Å². The minimum Gasteiger partial charge on any atom is -0.466 e. The highest BCUT2D eigenvalue weighted by Gasteiger charge is 2.54. The Balaban J connectivity index is 1.57. The molecule has 1 aromatic carbocycles. The first-order chi connectivity index (χ1) is 21.3. The van der Waals surface area contributed by atoms with Gasteiger partial charge in [-0.15, -0.1) is 0 Å². The minimum absolute atomic E-state index is 0.0109. The lowest BCUT2D eigenvalue weighted by Crippen LogP contribution is -2.44. The van der Waals surface area contributed by atoms with Crippen molar-refractivity contribution in [3.8, 4) is 5.75 Å². The number of imidazole rings is 1. The van der Waals surface area contributed by atoms with E-state index in [1.165, 1.54) is 30.8 Å². The second-order valence-electron chi connectivity index (χ2n) is 10.4. The number of nitrogens with one attached hydrogen (secondary N) is 1. The zero-order chi connectivity index (χ0) is 32.9. The number of aryl methyl sites for hydroxylation is 1. The molecule has 0 bridgehead atoms. The number of nitrogens with two attached hydrogens (primary N) is 2. The largest absolute Gasteiger partial charge is 0.466 e. The monoisotopic (exact) mass is 651 g/mol. The zero-order valence-electron chi connectivity index (χ0n) is 25.3. The van der Waals surface area contributed by atoms with Crippen LogP contribution in [0, 0.1) is 0 Å². The highest BCUT2D eigenvalue weighted by Crippen LogP contribution is 2.48. The van der Waals surface area contributed by atoms with E-state index in [2.05, 4.69) is 20.0 Å². The summed E-state index contributed by atoms with van der Waals surface area (Å²) in [7, 11) is -4.43. The first-order valence-corrected chi connectivity index (χ1v) is 15.8. The summed E-state index contributed by atoms with van der Waals surface area (Å²) < 4.78 is 43.1. The number of hydrogen-bond donors (Lipinski definition) is 5. The standard InChI is InChI=1S/C27H38N7O10P/c1-5-40-19(35)12-11-16-9-7-8-10-17(16)44-45(39,33-15(3)24(37)41-6-2)42-13-18-21(36)27(4,38)25(43-18)34-14-30-20-22(28)31-26(29)32-23(20)34/h7-10,14-15,18,21,25,36,38H,5-6,11-13H2,1-4H3,(H,33,39)(H4,28,29,31,32)/t15-,18-,21+,25+,27+,45?/m0/s1. The van der Waals surface area contributed by atoms with Gasteiger partial charge in [-0.3, -0.25) is 18.7 Å². The fourth-order valence-corrected chi connectivity index (χ4v) is 6.26. The SMILES string of the molecule is CCOC(=O)CCc1ccccc1OP(=O)(N[C@@H](C)C(=O)OCC)OC[C@@H]1O[C@@H](n2cnc3c(N)nc(N)nc32)[C@](C)(O)[C@@H]1O. The third-order valence-electron chi connectivity index (χ3n) is 6.97. The van der Waals surface area contributed by atoms with Gasteiger partial charge in [-0.2, -0.15) is 15.1 Å². The molecule has 0 amide bonds. The van der Waals surface area contributed by atoms with Crippen molar-refractivity contribution in [2.24, 2.45) is 0 Å². The van der Waals surface area contributed by atoms with E-state index in [1.54, 1.807) is 32.0 Å². The smallest absolute Gasteiger partial charge is 0.459 e. The quantitative estimate of drug-likeness (QED) is 0.122. The van der Waals surface area contributed by atoms with Crippen LogP contribution in [0.15, 0.2) is 30.6 Å². The Bertz CT molecular complexity index is 1570. The first-order valence-electron chi connectivity index (χ1n) is 14.2. The van der Waals surface area contributed by atoms with Gasteiger partial charge in [0.05, 0.1) is 26.1 Å². The highest BCUT2D eigenvalue weighted by molar-refractivity contribution is 7.52. The van der Waals surface area contributed by atoms with E-state index < -0.39 is 56.4 Å². The van der Waals surface area contributed by atoms with E-state index in [1.807, 2.05) is 0 Å². The van der Waals surface area contributed by atoms with E-state index in [9.17, 15) is 24.4 Å². The van der Waals surface area contributed by atoms with Crippen molar-refractivity contribution >= 4 is 42.6 Å². The van der Waals surface area contributed by atoms with Crippen molar-refractivity contribution in [2.45, 2.75) is 70.6 Å². The minimum atomic E-state index is -4.43. The Hall–Kier alpha value is -3.86. The number of nitrogens with zero attached hydrogens (tertiary/aromatic N) is 4. The number of aliphatic hydroxyl groups excluding tert-OH is 1. The van der Waals surface area contributed by atoms with Crippen LogP contribution in [-0.4, -0.2) is 85.3 Å².